The van der Waals surface area contributed by atoms with Gasteiger partial charge in [0.2, 0.25) is 0 Å². The average Bonchev–Trinajstić information content (AvgIpc) is 2.94. The summed E-state index contributed by atoms with van der Waals surface area (Å²) in [6.07, 6.45) is 4.79. The molecule has 1 aliphatic carbocycles. The van der Waals surface area contributed by atoms with Crippen LogP contribution in [0, 0.1) is 17.0 Å². The van der Waals surface area contributed by atoms with Gasteiger partial charge in [0, 0.05) is 18.0 Å². The third-order valence-electron chi connectivity index (χ3n) is 4.88. The van der Waals surface area contributed by atoms with Crippen LogP contribution in [-0.4, -0.2) is 9.49 Å². The molecule has 4 heteroatoms. The van der Waals surface area contributed by atoms with Crippen molar-refractivity contribution in [2.75, 3.05) is 0 Å². The van der Waals surface area contributed by atoms with Crippen LogP contribution in [0.1, 0.15) is 50.8 Å². The lowest BCUT2D eigenvalue weighted by atomic mass is 9.81. The molecule has 0 radical (unpaired) electrons. The van der Waals surface area contributed by atoms with Gasteiger partial charge in [-0.3, -0.25) is 10.1 Å². The van der Waals surface area contributed by atoms with Crippen molar-refractivity contribution < 1.29 is 4.92 Å². The summed E-state index contributed by atoms with van der Waals surface area (Å²) in [5, 5.41) is 11.8. The Morgan fingerprint density at radius 1 is 1.14 bits per heavy atom. The SMILES string of the molecule is Cc1c(-n2cccc2)cc2c(c1[N+](=O)[O-])C(C)(C)CC2(C)C. The normalized spacial score (nSPS) is 18.2. The first kappa shape index (κ1) is 14.8. The fourth-order valence-electron chi connectivity index (χ4n) is 4.25. The number of nitro groups is 1. The minimum absolute atomic E-state index is 0.0564. The standard InChI is InChI=1S/C18H22N2O2/c1-12-14(19-8-6-7-9-19)10-13-15(16(12)20(21)22)18(4,5)11-17(13,2)3/h6-10H,11H2,1-5H3. The summed E-state index contributed by atoms with van der Waals surface area (Å²) < 4.78 is 1.96. The highest BCUT2D eigenvalue weighted by Gasteiger charge is 2.47. The van der Waals surface area contributed by atoms with Crippen molar-refractivity contribution in [1.29, 1.82) is 0 Å². The Balaban J connectivity index is 2.42. The molecule has 1 aromatic carbocycles. The molecule has 0 N–H and O–H groups in total. The van der Waals surface area contributed by atoms with E-state index in [1.54, 1.807) is 0 Å². The second-order valence-corrected chi connectivity index (χ2v) is 7.58. The van der Waals surface area contributed by atoms with Crippen molar-refractivity contribution in [1.82, 2.24) is 4.57 Å². The third kappa shape index (κ3) is 1.97. The topological polar surface area (TPSA) is 48.1 Å². The second kappa shape index (κ2) is 4.45. The summed E-state index contributed by atoms with van der Waals surface area (Å²) >= 11 is 0. The smallest absolute Gasteiger partial charge is 0.278 e. The molecule has 0 unspecified atom stereocenters. The Kier molecular flexibility index (Phi) is 3.00. The van der Waals surface area contributed by atoms with E-state index in [4.69, 9.17) is 0 Å². The van der Waals surface area contributed by atoms with Gasteiger partial charge in [0.25, 0.3) is 5.69 Å². The lowest BCUT2D eigenvalue weighted by Crippen LogP contribution is -2.18. The van der Waals surface area contributed by atoms with E-state index in [2.05, 4.69) is 33.8 Å². The maximum absolute atomic E-state index is 11.8. The number of hydrogen-bond donors (Lipinski definition) is 0. The highest BCUT2D eigenvalue weighted by molar-refractivity contribution is 5.66. The molecule has 0 saturated carbocycles. The predicted octanol–water partition coefficient (Wildman–Crippen LogP) is 4.65. The summed E-state index contributed by atoms with van der Waals surface area (Å²) in [4.78, 5) is 11.6. The van der Waals surface area contributed by atoms with Crippen LogP contribution in [0.15, 0.2) is 30.6 Å². The Labute approximate surface area is 130 Å². The molecular formula is C18H22N2O2. The maximum Gasteiger partial charge on any atom is 0.278 e. The lowest BCUT2D eigenvalue weighted by Gasteiger charge is -2.22. The first-order chi connectivity index (χ1) is 10.1. The number of nitro benzene ring substituents is 1. The van der Waals surface area contributed by atoms with Crippen molar-refractivity contribution in [2.45, 2.75) is 51.9 Å². The Morgan fingerprint density at radius 3 is 2.27 bits per heavy atom. The van der Waals surface area contributed by atoms with Crippen molar-refractivity contribution in [2.24, 2.45) is 0 Å². The summed E-state index contributed by atoms with van der Waals surface area (Å²) in [5.41, 5.74) is 3.72. The van der Waals surface area contributed by atoms with E-state index in [0.717, 1.165) is 28.8 Å². The number of aromatic nitrogens is 1. The molecule has 0 fully saturated rings. The number of hydrogen-bond acceptors (Lipinski definition) is 2. The number of fused-ring (bicyclic) bond motifs is 1. The van der Waals surface area contributed by atoms with Gasteiger partial charge in [0.15, 0.2) is 0 Å². The van der Waals surface area contributed by atoms with Crippen LogP contribution in [0.2, 0.25) is 0 Å². The van der Waals surface area contributed by atoms with Crippen molar-refractivity contribution >= 4 is 5.69 Å². The highest BCUT2D eigenvalue weighted by Crippen LogP contribution is 2.54. The fraction of sp³-hybridized carbons (Fsp3) is 0.444. The molecule has 0 saturated heterocycles. The summed E-state index contributed by atoms with van der Waals surface area (Å²) in [6.45, 7) is 10.4. The quantitative estimate of drug-likeness (QED) is 0.598. The molecule has 0 amide bonds. The molecule has 2 aromatic rings. The van der Waals surface area contributed by atoms with E-state index >= 15 is 0 Å². The number of benzene rings is 1. The van der Waals surface area contributed by atoms with Crippen LogP contribution in [-0.2, 0) is 10.8 Å². The van der Waals surface area contributed by atoms with Crippen molar-refractivity contribution in [3.05, 3.63) is 57.4 Å². The minimum atomic E-state index is -0.204. The molecule has 0 atom stereocenters. The Morgan fingerprint density at radius 2 is 1.73 bits per heavy atom. The number of nitrogens with zero attached hydrogens (tertiary/aromatic N) is 2. The monoisotopic (exact) mass is 298 g/mol. The summed E-state index contributed by atoms with van der Waals surface area (Å²) in [5.74, 6) is 0. The molecule has 0 spiro atoms. The molecule has 3 rings (SSSR count). The Bertz CT molecular complexity index is 756. The molecule has 116 valence electrons. The van der Waals surface area contributed by atoms with E-state index in [9.17, 15) is 10.1 Å². The molecule has 4 nitrogen and oxygen atoms in total. The summed E-state index contributed by atoms with van der Waals surface area (Å²) in [6, 6.07) is 6.02. The first-order valence-electron chi connectivity index (χ1n) is 7.61. The predicted molar refractivity (Wildman–Crippen MR) is 87.8 cm³/mol. The average molecular weight is 298 g/mol. The molecule has 0 aliphatic heterocycles. The van der Waals surface area contributed by atoms with Crippen LogP contribution < -0.4 is 0 Å². The highest BCUT2D eigenvalue weighted by atomic mass is 16.6. The molecule has 1 heterocycles. The molecule has 1 aliphatic rings. The van der Waals surface area contributed by atoms with Gasteiger partial charge in [-0.2, -0.15) is 0 Å². The van der Waals surface area contributed by atoms with Crippen LogP contribution in [0.3, 0.4) is 0 Å². The van der Waals surface area contributed by atoms with Gasteiger partial charge in [0.05, 0.1) is 16.2 Å². The van der Waals surface area contributed by atoms with E-state index in [0.29, 0.717) is 0 Å². The zero-order valence-electron chi connectivity index (χ0n) is 13.8. The molecule has 1 aromatic heterocycles. The molecular weight excluding hydrogens is 276 g/mol. The third-order valence-corrected chi connectivity index (χ3v) is 4.88. The van der Waals surface area contributed by atoms with Gasteiger partial charge < -0.3 is 4.57 Å². The lowest BCUT2D eigenvalue weighted by molar-refractivity contribution is -0.386. The van der Waals surface area contributed by atoms with E-state index in [1.165, 1.54) is 0 Å². The van der Waals surface area contributed by atoms with Gasteiger partial charge in [-0.05, 0) is 47.9 Å². The van der Waals surface area contributed by atoms with Gasteiger partial charge in [-0.15, -0.1) is 0 Å². The fourth-order valence-corrected chi connectivity index (χ4v) is 4.25. The molecule has 0 bridgehead atoms. The first-order valence-corrected chi connectivity index (χ1v) is 7.61. The van der Waals surface area contributed by atoms with Gasteiger partial charge in [-0.1, -0.05) is 27.7 Å². The van der Waals surface area contributed by atoms with Crippen LogP contribution in [0.5, 0.6) is 0 Å². The summed E-state index contributed by atoms with van der Waals surface area (Å²) in [7, 11) is 0. The van der Waals surface area contributed by atoms with Crippen LogP contribution in [0.4, 0.5) is 5.69 Å². The van der Waals surface area contributed by atoms with Gasteiger partial charge in [-0.25, -0.2) is 0 Å². The van der Waals surface area contributed by atoms with Gasteiger partial charge >= 0.3 is 0 Å². The number of rotatable bonds is 2. The Hall–Kier alpha value is -2.10. The van der Waals surface area contributed by atoms with Crippen LogP contribution in [0.25, 0.3) is 5.69 Å². The van der Waals surface area contributed by atoms with E-state index in [-0.39, 0.29) is 21.4 Å². The van der Waals surface area contributed by atoms with Crippen molar-refractivity contribution in [3.8, 4) is 5.69 Å². The maximum atomic E-state index is 11.8. The van der Waals surface area contributed by atoms with Gasteiger partial charge in [0.1, 0.15) is 0 Å². The largest absolute Gasteiger partial charge is 0.323 e. The van der Waals surface area contributed by atoms with Crippen molar-refractivity contribution in [3.63, 3.8) is 0 Å². The molecule has 22 heavy (non-hydrogen) atoms. The second-order valence-electron chi connectivity index (χ2n) is 7.58. The van der Waals surface area contributed by atoms with E-state index < -0.39 is 0 Å². The minimum Gasteiger partial charge on any atom is -0.323 e. The zero-order valence-corrected chi connectivity index (χ0v) is 13.8. The van der Waals surface area contributed by atoms with E-state index in [1.807, 2.05) is 36.0 Å². The van der Waals surface area contributed by atoms with Crippen LogP contribution >= 0.6 is 0 Å². The zero-order chi connectivity index (χ0) is 16.3.